The lowest BCUT2D eigenvalue weighted by Gasteiger charge is -2.19. The van der Waals surface area contributed by atoms with Gasteiger partial charge in [-0.25, -0.2) is 0 Å². The molecule has 0 atom stereocenters. The van der Waals surface area contributed by atoms with E-state index in [9.17, 15) is 4.79 Å². The van der Waals surface area contributed by atoms with E-state index in [2.05, 4.69) is 6.92 Å². The molecule has 1 amide bonds. The van der Waals surface area contributed by atoms with Crippen LogP contribution in [0.2, 0.25) is 0 Å². The van der Waals surface area contributed by atoms with Crippen molar-refractivity contribution < 1.29 is 4.79 Å². The first-order valence-electron chi connectivity index (χ1n) is 7.26. The van der Waals surface area contributed by atoms with Crippen LogP contribution in [0.15, 0.2) is 60.7 Å². The van der Waals surface area contributed by atoms with Crippen LogP contribution in [0.3, 0.4) is 0 Å². The third-order valence-electron chi connectivity index (χ3n) is 3.41. The van der Waals surface area contributed by atoms with Crippen molar-refractivity contribution in [3.8, 4) is 0 Å². The van der Waals surface area contributed by atoms with E-state index in [0.29, 0.717) is 13.1 Å². The van der Waals surface area contributed by atoms with Crippen molar-refractivity contribution in [2.75, 3.05) is 6.54 Å². The molecule has 0 aliphatic rings. The Balaban J connectivity index is 2.01. The molecule has 0 saturated carbocycles. The molecule has 0 fully saturated rings. The topological polar surface area (TPSA) is 20.3 Å². The lowest BCUT2D eigenvalue weighted by molar-refractivity contribution is -0.126. The zero-order valence-corrected chi connectivity index (χ0v) is 12.6. The summed E-state index contributed by atoms with van der Waals surface area (Å²) in [6, 6.07) is 18.2. The summed E-state index contributed by atoms with van der Waals surface area (Å²) in [5, 5.41) is 0. The minimum absolute atomic E-state index is 0.0435. The maximum atomic E-state index is 12.3. The van der Waals surface area contributed by atoms with Crippen molar-refractivity contribution >= 4 is 12.0 Å². The molecule has 0 N–H and O–H groups in total. The fourth-order valence-electron chi connectivity index (χ4n) is 2.10. The lowest BCUT2D eigenvalue weighted by atomic mass is 10.1. The van der Waals surface area contributed by atoms with E-state index in [4.69, 9.17) is 0 Å². The molecule has 0 spiro atoms. The molecular formula is C19H21NO. The number of nitrogens with zero attached hydrogens (tertiary/aromatic N) is 1. The van der Waals surface area contributed by atoms with Crippen LogP contribution in [0.5, 0.6) is 0 Å². The predicted molar refractivity (Wildman–Crippen MR) is 87.7 cm³/mol. The van der Waals surface area contributed by atoms with E-state index in [1.807, 2.05) is 72.5 Å². The summed E-state index contributed by atoms with van der Waals surface area (Å²) in [5.41, 5.74) is 3.42. The quantitative estimate of drug-likeness (QED) is 0.756. The van der Waals surface area contributed by atoms with Gasteiger partial charge >= 0.3 is 0 Å². The summed E-state index contributed by atoms with van der Waals surface area (Å²) in [7, 11) is 0. The fourth-order valence-corrected chi connectivity index (χ4v) is 2.10. The summed E-state index contributed by atoms with van der Waals surface area (Å²) in [5.74, 6) is 0.0435. The largest absolute Gasteiger partial charge is 0.335 e. The average molecular weight is 279 g/mol. The number of carbonyl (C=O) groups excluding carboxylic acids is 1. The normalized spacial score (nSPS) is 10.8. The standard InChI is InChI=1S/C19H21NO/c1-3-20(15-18-7-5-4-6-8-18)19(21)14-13-17-11-9-16(2)10-12-17/h4-14H,3,15H2,1-2H3/b14-13+. The van der Waals surface area contributed by atoms with Crippen molar-refractivity contribution in [2.45, 2.75) is 20.4 Å². The summed E-state index contributed by atoms with van der Waals surface area (Å²) in [4.78, 5) is 14.1. The molecule has 2 rings (SSSR count). The number of rotatable bonds is 5. The zero-order valence-electron chi connectivity index (χ0n) is 12.6. The Morgan fingerprint density at radius 2 is 1.71 bits per heavy atom. The number of amides is 1. The number of hydrogen-bond acceptors (Lipinski definition) is 1. The lowest BCUT2D eigenvalue weighted by Crippen LogP contribution is -2.28. The minimum Gasteiger partial charge on any atom is -0.335 e. The Kier molecular flexibility index (Phi) is 5.33. The molecule has 2 heteroatoms. The van der Waals surface area contributed by atoms with Crippen LogP contribution < -0.4 is 0 Å². The van der Waals surface area contributed by atoms with Gasteiger partial charge in [-0.1, -0.05) is 60.2 Å². The maximum Gasteiger partial charge on any atom is 0.246 e. The van der Waals surface area contributed by atoms with Crippen molar-refractivity contribution in [1.29, 1.82) is 0 Å². The van der Waals surface area contributed by atoms with Crippen LogP contribution in [0.25, 0.3) is 6.08 Å². The van der Waals surface area contributed by atoms with E-state index in [-0.39, 0.29) is 5.91 Å². The van der Waals surface area contributed by atoms with Crippen LogP contribution in [-0.2, 0) is 11.3 Å². The zero-order chi connectivity index (χ0) is 15.1. The van der Waals surface area contributed by atoms with Crippen LogP contribution in [0, 0.1) is 6.92 Å². The Morgan fingerprint density at radius 1 is 1.05 bits per heavy atom. The van der Waals surface area contributed by atoms with E-state index >= 15 is 0 Å². The van der Waals surface area contributed by atoms with Gasteiger partial charge in [0.2, 0.25) is 5.91 Å². The highest BCUT2D eigenvalue weighted by atomic mass is 16.2. The van der Waals surface area contributed by atoms with Gasteiger partial charge in [-0.05, 0) is 31.1 Å². The summed E-state index contributed by atoms with van der Waals surface area (Å²) in [6.45, 7) is 5.40. The molecule has 0 aliphatic heterocycles. The summed E-state index contributed by atoms with van der Waals surface area (Å²) < 4.78 is 0. The number of aryl methyl sites for hydroxylation is 1. The highest BCUT2D eigenvalue weighted by Crippen LogP contribution is 2.08. The van der Waals surface area contributed by atoms with Gasteiger partial charge in [0, 0.05) is 19.2 Å². The van der Waals surface area contributed by atoms with Crippen molar-refractivity contribution in [3.05, 3.63) is 77.4 Å². The second-order valence-corrected chi connectivity index (χ2v) is 5.08. The van der Waals surface area contributed by atoms with Gasteiger partial charge in [0.15, 0.2) is 0 Å². The Labute approximate surface area is 126 Å². The molecule has 0 radical (unpaired) electrons. The van der Waals surface area contributed by atoms with Gasteiger partial charge in [-0.15, -0.1) is 0 Å². The first-order chi connectivity index (χ1) is 10.2. The molecule has 2 nitrogen and oxygen atoms in total. The third-order valence-corrected chi connectivity index (χ3v) is 3.41. The number of hydrogen-bond donors (Lipinski definition) is 0. The molecule has 0 unspecified atom stereocenters. The smallest absolute Gasteiger partial charge is 0.246 e. The van der Waals surface area contributed by atoms with Gasteiger partial charge in [-0.3, -0.25) is 4.79 Å². The number of carbonyl (C=O) groups is 1. The molecule has 2 aromatic carbocycles. The Bertz CT molecular complexity index is 599. The molecule has 108 valence electrons. The molecule has 0 aliphatic carbocycles. The molecule has 0 heterocycles. The van der Waals surface area contributed by atoms with Gasteiger partial charge in [-0.2, -0.15) is 0 Å². The van der Waals surface area contributed by atoms with E-state index < -0.39 is 0 Å². The summed E-state index contributed by atoms with van der Waals surface area (Å²) >= 11 is 0. The highest BCUT2D eigenvalue weighted by molar-refractivity contribution is 5.91. The van der Waals surface area contributed by atoms with Crippen LogP contribution in [0.4, 0.5) is 0 Å². The predicted octanol–water partition coefficient (Wildman–Crippen LogP) is 4.06. The number of benzene rings is 2. The van der Waals surface area contributed by atoms with Crippen LogP contribution in [0.1, 0.15) is 23.6 Å². The van der Waals surface area contributed by atoms with Gasteiger partial charge in [0.05, 0.1) is 0 Å². The maximum absolute atomic E-state index is 12.3. The second kappa shape index (κ2) is 7.44. The van der Waals surface area contributed by atoms with Gasteiger partial charge in [0.25, 0.3) is 0 Å². The fraction of sp³-hybridized carbons (Fsp3) is 0.211. The average Bonchev–Trinajstić information content (AvgIpc) is 2.52. The Hall–Kier alpha value is -2.35. The number of likely N-dealkylation sites (N-methyl/N-ethyl adjacent to an activating group) is 1. The van der Waals surface area contributed by atoms with Gasteiger partial charge in [0.1, 0.15) is 0 Å². The molecule has 0 bridgehead atoms. The summed E-state index contributed by atoms with van der Waals surface area (Å²) in [6.07, 6.45) is 3.52. The Morgan fingerprint density at radius 3 is 2.33 bits per heavy atom. The van der Waals surface area contributed by atoms with Crippen molar-refractivity contribution in [1.82, 2.24) is 4.90 Å². The van der Waals surface area contributed by atoms with Crippen molar-refractivity contribution in [3.63, 3.8) is 0 Å². The second-order valence-electron chi connectivity index (χ2n) is 5.08. The SMILES string of the molecule is CCN(Cc1ccccc1)C(=O)/C=C/c1ccc(C)cc1. The molecule has 2 aromatic rings. The van der Waals surface area contributed by atoms with Crippen molar-refractivity contribution in [2.24, 2.45) is 0 Å². The highest BCUT2D eigenvalue weighted by Gasteiger charge is 2.08. The molecule has 0 saturated heterocycles. The van der Waals surface area contributed by atoms with Gasteiger partial charge < -0.3 is 4.90 Å². The minimum atomic E-state index is 0.0435. The van der Waals surface area contributed by atoms with E-state index in [0.717, 1.165) is 11.1 Å². The molecular weight excluding hydrogens is 258 g/mol. The van der Waals surface area contributed by atoms with E-state index in [1.54, 1.807) is 6.08 Å². The third kappa shape index (κ3) is 4.60. The first kappa shape index (κ1) is 15.0. The van der Waals surface area contributed by atoms with Crippen LogP contribution >= 0.6 is 0 Å². The monoisotopic (exact) mass is 279 g/mol. The molecule has 21 heavy (non-hydrogen) atoms. The molecule has 0 aromatic heterocycles. The van der Waals surface area contributed by atoms with Crippen LogP contribution in [-0.4, -0.2) is 17.4 Å². The first-order valence-corrected chi connectivity index (χ1v) is 7.26. The van der Waals surface area contributed by atoms with E-state index in [1.165, 1.54) is 5.56 Å².